The summed E-state index contributed by atoms with van der Waals surface area (Å²) in [6.07, 6.45) is 6.99. The zero-order chi connectivity index (χ0) is 13.9. The van der Waals surface area contributed by atoms with E-state index in [0.29, 0.717) is 0 Å². The van der Waals surface area contributed by atoms with Crippen LogP contribution in [0.2, 0.25) is 0 Å². The van der Waals surface area contributed by atoms with Gasteiger partial charge in [0.05, 0.1) is 7.11 Å². The number of hydrogen-bond acceptors (Lipinski definition) is 2. The molecule has 3 rings (SSSR count). The summed E-state index contributed by atoms with van der Waals surface area (Å²) in [7, 11) is 1.74. The number of rotatable bonds is 3. The molecule has 3 unspecified atom stereocenters. The van der Waals surface area contributed by atoms with E-state index in [0.717, 1.165) is 23.6 Å². The third-order valence-electron chi connectivity index (χ3n) is 5.44. The van der Waals surface area contributed by atoms with Gasteiger partial charge in [-0.25, -0.2) is 0 Å². The van der Waals surface area contributed by atoms with Crippen molar-refractivity contribution in [3.63, 3.8) is 0 Å². The molecular weight excluding hydrogens is 282 g/mol. The summed E-state index contributed by atoms with van der Waals surface area (Å²) in [6.45, 7) is 4.81. The molecule has 1 aliphatic heterocycles. The van der Waals surface area contributed by atoms with Crippen LogP contribution < -0.4 is 4.74 Å². The van der Waals surface area contributed by atoms with Gasteiger partial charge in [0.15, 0.2) is 0 Å². The highest BCUT2D eigenvalue weighted by Crippen LogP contribution is 2.44. The summed E-state index contributed by atoms with van der Waals surface area (Å²) in [6, 6.07) is 9.65. The van der Waals surface area contributed by atoms with Crippen molar-refractivity contribution in [2.75, 3.05) is 20.2 Å². The third kappa shape index (κ3) is 3.37. The van der Waals surface area contributed by atoms with Crippen molar-refractivity contribution in [1.82, 2.24) is 4.90 Å². The number of nitrogens with zero attached hydrogens (tertiary/aromatic N) is 1. The molecule has 2 aliphatic rings. The fourth-order valence-corrected chi connectivity index (χ4v) is 4.41. The number of benzene rings is 1. The third-order valence-corrected chi connectivity index (χ3v) is 5.44. The number of ether oxygens (including phenoxy) is 1. The summed E-state index contributed by atoms with van der Waals surface area (Å²) in [5.41, 5.74) is 1.53. The van der Waals surface area contributed by atoms with Crippen LogP contribution in [0.3, 0.4) is 0 Å². The molecule has 1 aromatic rings. The summed E-state index contributed by atoms with van der Waals surface area (Å²) in [4.78, 5) is 2.73. The highest BCUT2D eigenvalue weighted by Gasteiger charge is 2.39. The molecule has 1 aromatic carbocycles. The Morgan fingerprint density at radius 2 is 1.81 bits per heavy atom. The molecule has 0 spiro atoms. The van der Waals surface area contributed by atoms with Crippen LogP contribution in [0, 0.1) is 5.92 Å². The zero-order valence-electron chi connectivity index (χ0n) is 13.3. The van der Waals surface area contributed by atoms with E-state index in [-0.39, 0.29) is 12.4 Å². The minimum atomic E-state index is 0. The fraction of sp³-hybridized carbons (Fsp3) is 0.667. The van der Waals surface area contributed by atoms with Gasteiger partial charge in [0, 0.05) is 6.04 Å². The van der Waals surface area contributed by atoms with Crippen LogP contribution in [-0.2, 0) is 0 Å². The summed E-state index contributed by atoms with van der Waals surface area (Å²) < 4.78 is 5.29. The minimum Gasteiger partial charge on any atom is -0.497 e. The van der Waals surface area contributed by atoms with Gasteiger partial charge in [0.1, 0.15) is 5.75 Å². The fourth-order valence-electron chi connectivity index (χ4n) is 4.41. The van der Waals surface area contributed by atoms with Gasteiger partial charge in [0.2, 0.25) is 0 Å². The second kappa shape index (κ2) is 7.51. The van der Waals surface area contributed by atoms with E-state index in [2.05, 4.69) is 36.1 Å². The molecule has 0 amide bonds. The molecule has 118 valence electrons. The first-order valence-electron chi connectivity index (χ1n) is 8.21. The van der Waals surface area contributed by atoms with Crippen molar-refractivity contribution in [2.45, 2.75) is 51.0 Å². The molecule has 0 N–H and O–H groups in total. The Bertz CT molecular complexity index is 433. The number of likely N-dealkylation sites (tertiary alicyclic amines) is 1. The lowest BCUT2D eigenvalue weighted by molar-refractivity contribution is 0.0491. The van der Waals surface area contributed by atoms with E-state index < -0.39 is 0 Å². The molecule has 3 atom stereocenters. The summed E-state index contributed by atoms with van der Waals surface area (Å²) in [5.74, 6) is 2.60. The molecule has 2 nitrogen and oxygen atoms in total. The van der Waals surface area contributed by atoms with Gasteiger partial charge in [-0.05, 0) is 61.9 Å². The first-order chi connectivity index (χ1) is 9.83. The molecule has 0 aromatic heterocycles. The van der Waals surface area contributed by atoms with Crippen LogP contribution in [0.5, 0.6) is 5.75 Å². The second-order valence-corrected chi connectivity index (χ2v) is 6.31. The van der Waals surface area contributed by atoms with Crippen molar-refractivity contribution < 1.29 is 4.74 Å². The maximum absolute atomic E-state index is 5.29. The Morgan fingerprint density at radius 1 is 1.10 bits per heavy atom. The number of hydrogen-bond donors (Lipinski definition) is 0. The lowest BCUT2D eigenvalue weighted by atomic mass is 9.69. The molecule has 0 radical (unpaired) electrons. The average Bonchev–Trinajstić information content (AvgIpc) is 2.54. The van der Waals surface area contributed by atoms with Gasteiger partial charge in [-0.1, -0.05) is 31.9 Å². The van der Waals surface area contributed by atoms with Crippen molar-refractivity contribution in [1.29, 1.82) is 0 Å². The van der Waals surface area contributed by atoms with Crippen LogP contribution >= 0.6 is 12.4 Å². The Morgan fingerprint density at radius 3 is 2.48 bits per heavy atom. The van der Waals surface area contributed by atoms with Crippen molar-refractivity contribution >= 4 is 12.4 Å². The normalized spacial score (nSPS) is 29.3. The highest BCUT2D eigenvalue weighted by molar-refractivity contribution is 5.85. The van der Waals surface area contributed by atoms with Gasteiger partial charge >= 0.3 is 0 Å². The quantitative estimate of drug-likeness (QED) is 0.816. The Hall–Kier alpha value is -0.730. The van der Waals surface area contributed by atoms with Crippen molar-refractivity contribution in [2.24, 2.45) is 5.92 Å². The lowest BCUT2D eigenvalue weighted by Crippen LogP contribution is -2.49. The summed E-state index contributed by atoms with van der Waals surface area (Å²) >= 11 is 0. The monoisotopic (exact) mass is 309 g/mol. The average molecular weight is 310 g/mol. The van der Waals surface area contributed by atoms with E-state index in [1.54, 1.807) is 7.11 Å². The van der Waals surface area contributed by atoms with Crippen LogP contribution in [0.4, 0.5) is 0 Å². The van der Waals surface area contributed by atoms with E-state index >= 15 is 0 Å². The maximum atomic E-state index is 5.29. The predicted molar refractivity (Wildman–Crippen MR) is 90.6 cm³/mol. The molecule has 21 heavy (non-hydrogen) atoms. The van der Waals surface area contributed by atoms with E-state index in [1.165, 1.54) is 50.8 Å². The van der Waals surface area contributed by atoms with E-state index in [4.69, 9.17) is 4.74 Å². The molecule has 1 heterocycles. The Balaban J connectivity index is 0.00000161. The van der Waals surface area contributed by atoms with Crippen LogP contribution in [0.1, 0.15) is 50.5 Å². The van der Waals surface area contributed by atoms with E-state index in [1.807, 2.05) is 0 Å². The largest absolute Gasteiger partial charge is 0.497 e. The number of methoxy groups -OCH3 is 1. The van der Waals surface area contributed by atoms with Crippen molar-refractivity contribution in [3.05, 3.63) is 29.8 Å². The number of piperidine rings is 1. The Labute approximate surface area is 135 Å². The molecule has 1 saturated carbocycles. The number of fused-ring (bicyclic) bond motifs is 1. The number of halogens is 1. The second-order valence-electron chi connectivity index (χ2n) is 6.31. The highest BCUT2D eigenvalue weighted by atomic mass is 35.5. The first kappa shape index (κ1) is 16.6. The van der Waals surface area contributed by atoms with Crippen LogP contribution in [0.15, 0.2) is 24.3 Å². The van der Waals surface area contributed by atoms with E-state index in [9.17, 15) is 0 Å². The van der Waals surface area contributed by atoms with Gasteiger partial charge in [-0.2, -0.15) is 0 Å². The van der Waals surface area contributed by atoms with Crippen LogP contribution in [0.25, 0.3) is 0 Å². The molecule has 0 bridgehead atoms. The standard InChI is InChI=1S/C18H27NO.ClH/c1-3-19-13-12-16(17-6-4-5-7-18(17)19)14-8-10-15(20-2)11-9-14;/h8-11,16-18H,3-7,12-13H2,1-2H3;1H. The minimum absolute atomic E-state index is 0. The first-order valence-corrected chi connectivity index (χ1v) is 8.21. The van der Waals surface area contributed by atoms with Gasteiger partial charge < -0.3 is 9.64 Å². The van der Waals surface area contributed by atoms with Crippen LogP contribution in [-0.4, -0.2) is 31.1 Å². The molecule has 2 fully saturated rings. The van der Waals surface area contributed by atoms with Crippen molar-refractivity contribution in [3.8, 4) is 5.75 Å². The maximum Gasteiger partial charge on any atom is 0.118 e. The Kier molecular flexibility index (Phi) is 5.95. The summed E-state index contributed by atoms with van der Waals surface area (Å²) in [5, 5.41) is 0. The predicted octanol–water partition coefficient (Wildman–Crippen LogP) is 4.49. The molecular formula is C18H28ClNO. The smallest absolute Gasteiger partial charge is 0.118 e. The molecule has 1 saturated heterocycles. The van der Waals surface area contributed by atoms with Gasteiger partial charge in [-0.15, -0.1) is 12.4 Å². The lowest BCUT2D eigenvalue weighted by Gasteiger charge is -2.48. The SMILES string of the molecule is CCN1CCC(c2ccc(OC)cc2)C2CCCCC21.Cl. The topological polar surface area (TPSA) is 12.5 Å². The van der Waals surface area contributed by atoms with Gasteiger partial charge in [0.25, 0.3) is 0 Å². The van der Waals surface area contributed by atoms with Gasteiger partial charge in [-0.3, -0.25) is 0 Å². The molecule has 3 heteroatoms. The molecule has 1 aliphatic carbocycles. The zero-order valence-corrected chi connectivity index (χ0v) is 14.1.